The summed E-state index contributed by atoms with van der Waals surface area (Å²) in [5.74, 6) is 0.639. The Bertz CT molecular complexity index is 528. The SMILES string of the molecule is CC(C)CNC(=O)[C@H]1C[C@H]2CN(Cc3cnn(C)c3)C[C@H]1O2. The summed E-state index contributed by atoms with van der Waals surface area (Å²) >= 11 is 0. The van der Waals surface area contributed by atoms with Crippen LogP contribution in [0.2, 0.25) is 0 Å². The number of rotatable bonds is 5. The van der Waals surface area contributed by atoms with Crippen LogP contribution < -0.4 is 5.32 Å². The predicted molar refractivity (Wildman–Crippen MR) is 83.1 cm³/mol. The lowest BCUT2D eigenvalue weighted by Crippen LogP contribution is -2.45. The molecule has 0 saturated carbocycles. The Morgan fingerprint density at radius 2 is 2.32 bits per heavy atom. The van der Waals surface area contributed by atoms with Crippen molar-refractivity contribution in [1.82, 2.24) is 20.0 Å². The van der Waals surface area contributed by atoms with Crippen LogP contribution in [0, 0.1) is 11.8 Å². The molecule has 122 valence electrons. The third-order valence-corrected chi connectivity index (χ3v) is 4.42. The van der Waals surface area contributed by atoms with Gasteiger partial charge < -0.3 is 10.1 Å². The molecule has 3 atom stereocenters. The van der Waals surface area contributed by atoms with Crippen LogP contribution in [-0.4, -0.2) is 52.4 Å². The number of aromatic nitrogens is 2. The Balaban J connectivity index is 1.56. The lowest BCUT2D eigenvalue weighted by Gasteiger charge is -2.32. The largest absolute Gasteiger partial charge is 0.371 e. The highest BCUT2D eigenvalue weighted by atomic mass is 16.5. The topological polar surface area (TPSA) is 59.4 Å². The highest BCUT2D eigenvalue weighted by Gasteiger charge is 2.44. The van der Waals surface area contributed by atoms with Crippen LogP contribution >= 0.6 is 0 Å². The first-order chi connectivity index (χ1) is 10.5. The van der Waals surface area contributed by atoms with Crippen LogP contribution in [0.1, 0.15) is 25.8 Å². The number of likely N-dealkylation sites (tertiary alicyclic amines) is 1. The zero-order valence-corrected chi connectivity index (χ0v) is 13.7. The summed E-state index contributed by atoms with van der Waals surface area (Å²) in [5, 5.41) is 7.27. The van der Waals surface area contributed by atoms with Crippen molar-refractivity contribution in [1.29, 1.82) is 0 Å². The highest BCUT2D eigenvalue weighted by Crippen LogP contribution is 2.32. The number of nitrogens with zero attached hydrogens (tertiary/aromatic N) is 3. The Kier molecular flexibility index (Phi) is 4.49. The van der Waals surface area contributed by atoms with Gasteiger partial charge in [-0.05, 0) is 12.3 Å². The normalized spacial score (nSPS) is 28.3. The average Bonchev–Trinajstić information content (AvgIpc) is 2.99. The molecule has 2 saturated heterocycles. The maximum absolute atomic E-state index is 12.3. The number of hydrogen-bond donors (Lipinski definition) is 1. The van der Waals surface area contributed by atoms with E-state index in [1.165, 1.54) is 5.56 Å². The van der Waals surface area contributed by atoms with E-state index in [0.29, 0.717) is 5.92 Å². The first-order valence-corrected chi connectivity index (χ1v) is 8.14. The number of carbonyl (C=O) groups is 1. The van der Waals surface area contributed by atoms with Crippen LogP contribution in [-0.2, 0) is 23.1 Å². The van der Waals surface area contributed by atoms with Crippen molar-refractivity contribution in [3.63, 3.8) is 0 Å². The van der Waals surface area contributed by atoms with E-state index in [9.17, 15) is 4.79 Å². The molecule has 3 heterocycles. The molecular weight excluding hydrogens is 280 g/mol. The van der Waals surface area contributed by atoms with E-state index in [2.05, 4.69) is 29.2 Å². The Hall–Kier alpha value is -1.40. The predicted octanol–water partition coefficient (Wildman–Crippen LogP) is 0.782. The summed E-state index contributed by atoms with van der Waals surface area (Å²) in [4.78, 5) is 14.7. The van der Waals surface area contributed by atoms with Gasteiger partial charge in [-0.25, -0.2) is 0 Å². The molecule has 1 aromatic rings. The summed E-state index contributed by atoms with van der Waals surface area (Å²) in [6.45, 7) is 7.57. The van der Waals surface area contributed by atoms with Gasteiger partial charge in [0.25, 0.3) is 0 Å². The van der Waals surface area contributed by atoms with Gasteiger partial charge in [-0.15, -0.1) is 0 Å². The second kappa shape index (κ2) is 6.38. The number of aryl methyl sites for hydroxylation is 1. The molecule has 2 fully saturated rings. The van der Waals surface area contributed by atoms with Crippen LogP contribution in [0.15, 0.2) is 12.4 Å². The molecule has 2 aliphatic rings. The lowest BCUT2D eigenvalue weighted by atomic mass is 9.99. The molecule has 1 N–H and O–H groups in total. The van der Waals surface area contributed by atoms with Crippen molar-refractivity contribution in [3.8, 4) is 0 Å². The minimum atomic E-state index is 0.00245. The fourth-order valence-corrected chi connectivity index (χ4v) is 3.39. The minimum Gasteiger partial charge on any atom is -0.371 e. The molecule has 6 nitrogen and oxygen atoms in total. The van der Waals surface area contributed by atoms with E-state index in [-0.39, 0.29) is 24.0 Å². The van der Waals surface area contributed by atoms with Gasteiger partial charge in [0, 0.05) is 45.0 Å². The molecule has 3 rings (SSSR count). The van der Waals surface area contributed by atoms with E-state index in [1.54, 1.807) is 0 Å². The zero-order chi connectivity index (χ0) is 15.7. The number of fused-ring (bicyclic) bond motifs is 2. The molecular formula is C16H26N4O2. The number of hydrogen-bond acceptors (Lipinski definition) is 4. The smallest absolute Gasteiger partial charge is 0.225 e. The third-order valence-electron chi connectivity index (χ3n) is 4.42. The monoisotopic (exact) mass is 306 g/mol. The van der Waals surface area contributed by atoms with E-state index in [4.69, 9.17) is 4.74 Å². The third kappa shape index (κ3) is 3.50. The van der Waals surface area contributed by atoms with Crippen molar-refractivity contribution in [2.45, 2.75) is 39.0 Å². The fraction of sp³-hybridized carbons (Fsp3) is 0.750. The van der Waals surface area contributed by atoms with Crippen LogP contribution in [0.5, 0.6) is 0 Å². The summed E-state index contributed by atoms with van der Waals surface area (Å²) in [6, 6.07) is 0. The van der Waals surface area contributed by atoms with Crippen LogP contribution in [0.25, 0.3) is 0 Å². The summed E-state index contributed by atoms with van der Waals surface area (Å²) < 4.78 is 7.81. The van der Waals surface area contributed by atoms with Gasteiger partial charge in [0.1, 0.15) is 0 Å². The number of carbonyl (C=O) groups excluding carboxylic acids is 1. The number of amides is 1. The fourth-order valence-electron chi connectivity index (χ4n) is 3.39. The minimum absolute atomic E-state index is 0.00245. The van der Waals surface area contributed by atoms with Crippen molar-refractivity contribution in [2.24, 2.45) is 18.9 Å². The molecule has 0 unspecified atom stereocenters. The van der Waals surface area contributed by atoms with Gasteiger partial charge in [-0.2, -0.15) is 5.10 Å². The number of ether oxygens (including phenoxy) is 1. The van der Waals surface area contributed by atoms with Gasteiger partial charge >= 0.3 is 0 Å². The molecule has 0 aromatic carbocycles. The molecule has 1 amide bonds. The summed E-state index contributed by atoms with van der Waals surface area (Å²) in [6.07, 6.45) is 5.01. The van der Waals surface area contributed by atoms with E-state index < -0.39 is 0 Å². The molecule has 0 spiro atoms. The van der Waals surface area contributed by atoms with Crippen molar-refractivity contribution < 1.29 is 9.53 Å². The number of morpholine rings is 1. The first-order valence-electron chi connectivity index (χ1n) is 8.14. The maximum Gasteiger partial charge on any atom is 0.225 e. The van der Waals surface area contributed by atoms with Gasteiger partial charge in [-0.1, -0.05) is 13.8 Å². The molecule has 2 bridgehead atoms. The quantitative estimate of drug-likeness (QED) is 0.873. The van der Waals surface area contributed by atoms with E-state index in [1.807, 2.05) is 24.1 Å². The second-order valence-electron chi connectivity index (χ2n) is 6.99. The Morgan fingerprint density at radius 3 is 3.00 bits per heavy atom. The van der Waals surface area contributed by atoms with Crippen molar-refractivity contribution >= 4 is 5.91 Å². The maximum atomic E-state index is 12.3. The Morgan fingerprint density at radius 1 is 1.50 bits per heavy atom. The van der Waals surface area contributed by atoms with Crippen molar-refractivity contribution in [2.75, 3.05) is 19.6 Å². The van der Waals surface area contributed by atoms with Crippen molar-refractivity contribution in [3.05, 3.63) is 18.0 Å². The molecule has 0 radical (unpaired) electrons. The van der Waals surface area contributed by atoms with Gasteiger partial charge in [0.2, 0.25) is 5.91 Å². The molecule has 2 aliphatic heterocycles. The molecule has 6 heteroatoms. The van der Waals surface area contributed by atoms with Gasteiger partial charge in [0.15, 0.2) is 0 Å². The average molecular weight is 306 g/mol. The first kappa shape index (κ1) is 15.5. The molecule has 22 heavy (non-hydrogen) atoms. The van der Waals surface area contributed by atoms with Gasteiger partial charge in [-0.3, -0.25) is 14.4 Å². The van der Waals surface area contributed by atoms with E-state index >= 15 is 0 Å². The van der Waals surface area contributed by atoms with Gasteiger partial charge in [0.05, 0.1) is 24.3 Å². The van der Waals surface area contributed by atoms with E-state index in [0.717, 1.165) is 32.6 Å². The standard InChI is InChI=1S/C16H26N4O2/c1-11(2)5-17-16(21)14-4-13-9-20(10-15(14)22-13)8-12-6-18-19(3)7-12/h6-7,11,13-15H,4-5,8-10H2,1-3H3,(H,17,21)/t13-,14-,15+/m0/s1. The molecule has 0 aliphatic carbocycles. The highest BCUT2D eigenvalue weighted by molar-refractivity contribution is 5.79. The second-order valence-corrected chi connectivity index (χ2v) is 6.99. The summed E-state index contributed by atoms with van der Waals surface area (Å²) in [5.41, 5.74) is 1.21. The summed E-state index contributed by atoms with van der Waals surface area (Å²) in [7, 11) is 1.93. The zero-order valence-electron chi connectivity index (χ0n) is 13.7. The van der Waals surface area contributed by atoms with Crippen LogP contribution in [0.4, 0.5) is 0 Å². The molecule has 1 aromatic heterocycles. The van der Waals surface area contributed by atoms with Crippen LogP contribution in [0.3, 0.4) is 0 Å². The lowest BCUT2D eigenvalue weighted by molar-refractivity contribution is -0.128. The number of nitrogens with one attached hydrogen (secondary N) is 1. The Labute approximate surface area is 131 Å².